The van der Waals surface area contributed by atoms with E-state index in [2.05, 4.69) is 44.2 Å². The molecule has 0 saturated heterocycles. The monoisotopic (exact) mass is 237 g/mol. The summed E-state index contributed by atoms with van der Waals surface area (Å²) in [6.45, 7) is 12.2. The van der Waals surface area contributed by atoms with Crippen molar-refractivity contribution in [2.24, 2.45) is 17.1 Å². The zero-order valence-corrected chi connectivity index (χ0v) is 11.9. The van der Waals surface area contributed by atoms with Crippen molar-refractivity contribution >= 4 is 0 Å². The van der Waals surface area contributed by atoms with Crippen LogP contribution in [0.3, 0.4) is 0 Å². The van der Waals surface area contributed by atoms with E-state index < -0.39 is 0 Å². The van der Waals surface area contributed by atoms with Gasteiger partial charge in [-0.25, -0.2) is 4.98 Å². The number of aryl methyl sites for hydroxylation is 1. The molecule has 0 aliphatic carbocycles. The summed E-state index contributed by atoms with van der Waals surface area (Å²) < 4.78 is 2.17. The molecule has 3 nitrogen and oxygen atoms in total. The first-order valence-corrected chi connectivity index (χ1v) is 6.60. The normalized spacial score (nSPS) is 15.9. The average Bonchev–Trinajstić information content (AvgIpc) is 2.63. The van der Waals surface area contributed by atoms with Crippen LogP contribution in [0.1, 0.15) is 46.9 Å². The fraction of sp³-hybridized carbons (Fsp3) is 0.786. The largest absolute Gasteiger partial charge is 0.335 e. The maximum absolute atomic E-state index is 6.23. The molecule has 98 valence electrons. The first kappa shape index (κ1) is 14.2. The molecule has 1 rings (SSSR count). The molecule has 0 amide bonds. The summed E-state index contributed by atoms with van der Waals surface area (Å²) in [5.74, 6) is 1.74. The van der Waals surface area contributed by atoms with Crippen molar-refractivity contribution < 1.29 is 0 Å². The fourth-order valence-electron chi connectivity index (χ4n) is 1.94. The van der Waals surface area contributed by atoms with Gasteiger partial charge in [0.15, 0.2) is 0 Å². The van der Waals surface area contributed by atoms with Crippen LogP contribution in [0, 0.1) is 11.3 Å². The zero-order chi connectivity index (χ0) is 13.1. The summed E-state index contributed by atoms with van der Waals surface area (Å²) in [6, 6.07) is 0.205. The van der Waals surface area contributed by atoms with Gasteiger partial charge in [0, 0.05) is 31.4 Å². The molecular formula is C14H27N3. The highest BCUT2D eigenvalue weighted by Crippen LogP contribution is 2.29. The maximum atomic E-state index is 6.23. The summed E-state index contributed by atoms with van der Waals surface area (Å²) in [6.07, 6.45) is 5.81. The van der Waals surface area contributed by atoms with Gasteiger partial charge in [-0.15, -0.1) is 0 Å². The van der Waals surface area contributed by atoms with Crippen LogP contribution < -0.4 is 5.73 Å². The minimum absolute atomic E-state index is 0.205. The summed E-state index contributed by atoms with van der Waals surface area (Å²) in [7, 11) is 0. The molecule has 1 aromatic rings. The van der Waals surface area contributed by atoms with Crippen LogP contribution in [0.25, 0.3) is 0 Å². The van der Waals surface area contributed by atoms with Gasteiger partial charge in [-0.05, 0) is 24.7 Å². The molecule has 2 unspecified atom stereocenters. The molecule has 1 aromatic heterocycles. The molecule has 3 heteroatoms. The number of nitrogens with zero attached hydrogens (tertiary/aromatic N) is 2. The predicted octanol–water partition coefficient (Wildman–Crippen LogP) is 2.85. The third-order valence-corrected chi connectivity index (χ3v) is 3.72. The standard InChI is InChI=1S/C14H27N3/c1-6-17-8-7-16-13(17)10-12(15)9-11(2)14(3,4)5/h7-8,11-12H,6,9-10,15H2,1-5H3. The lowest BCUT2D eigenvalue weighted by Gasteiger charge is -2.29. The Bertz CT molecular complexity index is 335. The first-order valence-electron chi connectivity index (χ1n) is 6.60. The van der Waals surface area contributed by atoms with Crippen LogP contribution in [0.2, 0.25) is 0 Å². The van der Waals surface area contributed by atoms with Gasteiger partial charge in [0.1, 0.15) is 5.82 Å². The van der Waals surface area contributed by atoms with Crippen molar-refractivity contribution in [3.05, 3.63) is 18.2 Å². The number of aromatic nitrogens is 2. The number of rotatable bonds is 5. The summed E-state index contributed by atoms with van der Waals surface area (Å²) >= 11 is 0. The molecule has 2 N–H and O–H groups in total. The Balaban J connectivity index is 2.53. The van der Waals surface area contributed by atoms with Crippen LogP contribution in [0.5, 0.6) is 0 Å². The Morgan fingerprint density at radius 3 is 2.59 bits per heavy atom. The van der Waals surface area contributed by atoms with Crippen molar-refractivity contribution in [3.63, 3.8) is 0 Å². The van der Waals surface area contributed by atoms with Gasteiger partial charge in [-0.1, -0.05) is 27.7 Å². The van der Waals surface area contributed by atoms with Crippen molar-refractivity contribution in [2.45, 2.75) is 60.0 Å². The van der Waals surface area contributed by atoms with Crippen molar-refractivity contribution in [3.8, 4) is 0 Å². The second kappa shape index (κ2) is 5.67. The number of nitrogens with two attached hydrogens (primary N) is 1. The maximum Gasteiger partial charge on any atom is 0.110 e. The van der Waals surface area contributed by atoms with E-state index in [1.165, 1.54) is 0 Å². The highest BCUT2D eigenvalue weighted by atomic mass is 15.1. The Kier molecular flexibility index (Phi) is 4.75. The zero-order valence-electron chi connectivity index (χ0n) is 11.9. The van der Waals surface area contributed by atoms with E-state index in [0.29, 0.717) is 11.3 Å². The van der Waals surface area contributed by atoms with E-state index in [0.717, 1.165) is 25.2 Å². The highest BCUT2D eigenvalue weighted by Gasteiger charge is 2.22. The van der Waals surface area contributed by atoms with E-state index >= 15 is 0 Å². The van der Waals surface area contributed by atoms with Crippen molar-refractivity contribution in [2.75, 3.05) is 0 Å². The molecule has 0 fully saturated rings. The van der Waals surface area contributed by atoms with E-state index in [9.17, 15) is 0 Å². The minimum Gasteiger partial charge on any atom is -0.335 e. The molecule has 0 saturated carbocycles. The number of hydrogen-bond acceptors (Lipinski definition) is 2. The third kappa shape index (κ3) is 4.15. The topological polar surface area (TPSA) is 43.8 Å². The van der Waals surface area contributed by atoms with Crippen LogP contribution in [0.4, 0.5) is 0 Å². The second-order valence-corrected chi connectivity index (χ2v) is 6.10. The number of hydrogen-bond donors (Lipinski definition) is 1. The minimum atomic E-state index is 0.205. The molecular weight excluding hydrogens is 210 g/mol. The Hall–Kier alpha value is -0.830. The van der Waals surface area contributed by atoms with Gasteiger partial charge in [-0.3, -0.25) is 0 Å². The SMILES string of the molecule is CCn1ccnc1CC(N)CC(C)C(C)(C)C. The highest BCUT2D eigenvalue weighted by molar-refractivity contribution is 4.95. The first-order chi connectivity index (χ1) is 7.84. The molecule has 0 aliphatic rings. The average molecular weight is 237 g/mol. The van der Waals surface area contributed by atoms with Crippen molar-refractivity contribution in [1.29, 1.82) is 0 Å². The lowest BCUT2D eigenvalue weighted by Crippen LogP contribution is -2.31. The van der Waals surface area contributed by atoms with Gasteiger partial charge in [0.25, 0.3) is 0 Å². The Morgan fingerprint density at radius 2 is 2.06 bits per heavy atom. The van der Waals surface area contributed by atoms with Crippen LogP contribution in [-0.4, -0.2) is 15.6 Å². The van der Waals surface area contributed by atoms with E-state index in [-0.39, 0.29) is 6.04 Å². The van der Waals surface area contributed by atoms with Gasteiger partial charge in [0.2, 0.25) is 0 Å². The van der Waals surface area contributed by atoms with E-state index in [1.54, 1.807) is 0 Å². The quantitative estimate of drug-likeness (QED) is 0.855. The van der Waals surface area contributed by atoms with Gasteiger partial charge in [0.05, 0.1) is 0 Å². The van der Waals surface area contributed by atoms with Gasteiger partial charge in [-0.2, -0.15) is 0 Å². The molecule has 0 aliphatic heterocycles. The third-order valence-electron chi connectivity index (χ3n) is 3.72. The smallest absolute Gasteiger partial charge is 0.110 e. The molecule has 0 bridgehead atoms. The predicted molar refractivity (Wildman–Crippen MR) is 72.8 cm³/mol. The Labute approximate surface area is 105 Å². The second-order valence-electron chi connectivity index (χ2n) is 6.10. The molecule has 0 aromatic carbocycles. The summed E-state index contributed by atoms with van der Waals surface area (Å²) in [4.78, 5) is 4.38. The Morgan fingerprint density at radius 1 is 1.41 bits per heavy atom. The van der Waals surface area contributed by atoms with E-state index in [4.69, 9.17) is 5.73 Å². The molecule has 0 spiro atoms. The van der Waals surface area contributed by atoms with Gasteiger partial charge >= 0.3 is 0 Å². The van der Waals surface area contributed by atoms with Gasteiger partial charge < -0.3 is 10.3 Å². The van der Waals surface area contributed by atoms with E-state index in [1.807, 2.05) is 12.4 Å². The summed E-state index contributed by atoms with van der Waals surface area (Å²) in [5.41, 5.74) is 6.56. The summed E-state index contributed by atoms with van der Waals surface area (Å²) in [5, 5.41) is 0. The molecule has 0 radical (unpaired) electrons. The lowest BCUT2D eigenvalue weighted by atomic mass is 9.78. The molecule has 2 atom stereocenters. The fourth-order valence-corrected chi connectivity index (χ4v) is 1.94. The molecule has 17 heavy (non-hydrogen) atoms. The van der Waals surface area contributed by atoms with Crippen LogP contribution in [0.15, 0.2) is 12.4 Å². The number of imidazole rings is 1. The molecule has 1 heterocycles. The van der Waals surface area contributed by atoms with Crippen LogP contribution >= 0.6 is 0 Å². The lowest BCUT2D eigenvalue weighted by molar-refractivity contribution is 0.232. The van der Waals surface area contributed by atoms with Crippen LogP contribution in [-0.2, 0) is 13.0 Å². The van der Waals surface area contributed by atoms with Crippen molar-refractivity contribution in [1.82, 2.24) is 9.55 Å².